The Bertz CT molecular complexity index is 1070. The van der Waals surface area contributed by atoms with Crippen LogP contribution < -0.4 is 0 Å². The molecule has 1 amide bonds. The van der Waals surface area contributed by atoms with Gasteiger partial charge < -0.3 is 14.6 Å². The number of carbonyl (C=O) groups is 2. The summed E-state index contributed by atoms with van der Waals surface area (Å²) in [4.78, 5) is 31.3. The summed E-state index contributed by atoms with van der Waals surface area (Å²) in [6.45, 7) is 4.47. The average molecular weight is 408 g/mol. The van der Waals surface area contributed by atoms with Crippen molar-refractivity contribution < 1.29 is 18.7 Å². The first kappa shape index (κ1) is 20.1. The van der Waals surface area contributed by atoms with Crippen LogP contribution in [0.25, 0.3) is 10.9 Å². The van der Waals surface area contributed by atoms with Crippen molar-refractivity contribution in [1.29, 1.82) is 0 Å². The minimum absolute atomic E-state index is 0.135. The van der Waals surface area contributed by atoms with Crippen LogP contribution in [0.4, 0.5) is 4.39 Å². The molecule has 0 radical (unpaired) electrons. The Balaban J connectivity index is 1.74. The lowest BCUT2D eigenvalue weighted by Gasteiger charge is -2.29. The summed E-state index contributed by atoms with van der Waals surface area (Å²) in [7, 11) is 0. The minimum Gasteiger partial charge on any atom is -0.465 e. The highest BCUT2D eigenvalue weighted by molar-refractivity contribution is 5.95. The van der Waals surface area contributed by atoms with Crippen LogP contribution in [0.2, 0.25) is 0 Å². The lowest BCUT2D eigenvalue weighted by molar-refractivity contribution is -0.145. The number of benzene rings is 2. The third-order valence-electron chi connectivity index (χ3n) is 5.69. The van der Waals surface area contributed by atoms with E-state index in [2.05, 4.69) is 4.98 Å². The molecule has 1 aliphatic heterocycles. The van der Waals surface area contributed by atoms with Crippen LogP contribution in [-0.4, -0.2) is 41.0 Å². The molecule has 2 aromatic carbocycles. The van der Waals surface area contributed by atoms with Crippen LogP contribution in [0.3, 0.4) is 0 Å². The van der Waals surface area contributed by atoms with Crippen molar-refractivity contribution in [3.05, 3.63) is 71.2 Å². The first-order chi connectivity index (χ1) is 14.5. The van der Waals surface area contributed by atoms with Gasteiger partial charge in [-0.15, -0.1) is 0 Å². The van der Waals surface area contributed by atoms with Crippen LogP contribution in [0, 0.1) is 5.82 Å². The van der Waals surface area contributed by atoms with Gasteiger partial charge in [-0.1, -0.05) is 25.1 Å². The molecule has 5 nitrogen and oxygen atoms in total. The summed E-state index contributed by atoms with van der Waals surface area (Å²) in [5, 5.41) is 1.06. The maximum atomic E-state index is 13.3. The smallest absolute Gasteiger partial charge is 0.316 e. The van der Waals surface area contributed by atoms with Crippen LogP contribution in [0.1, 0.15) is 47.8 Å². The standard InChI is InChI=1S/C24H25FN2O3/c1-3-12-30-24(29)20-14-27(23(28)16-8-10-17(25)11-9-16)15(2)13-19-18-6-4-5-7-21(18)26-22(19)20/h4-11,15,20,26H,3,12-14H2,1-2H3. The van der Waals surface area contributed by atoms with Gasteiger partial charge in [-0.2, -0.15) is 0 Å². The number of aromatic amines is 1. The highest BCUT2D eigenvalue weighted by Gasteiger charge is 2.37. The molecular weight excluding hydrogens is 383 g/mol. The van der Waals surface area contributed by atoms with E-state index in [1.165, 1.54) is 24.3 Å². The predicted molar refractivity (Wildman–Crippen MR) is 113 cm³/mol. The molecule has 1 aromatic heterocycles. The van der Waals surface area contributed by atoms with E-state index in [4.69, 9.17) is 4.74 Å². The van der Waals surface area contributed by atoms with Crippen molar-refractivity contribution >= 4 is 22.8 Å². The second kappa shape index (κ2) is 8.30. The van der Waals surface area contributed by atoms with Crippen molar-refractivity contribution in [2.24, 2.45) is 0 Å². The molecule has 1 N–H and O–H groups in total. The molecule has 0 spiro atoms. The minimum atomic E-state index is -0.603. The zero-order valence-electron chi connectivity index (χ0n) is 17.2. The van der Waals surface area contributed by atoms with E-state index in [0.717, 1.165) is 28.6 Å². The number of nitrogens with one attached hydrogen (secondary N) is 1. The molecule has 0 saturated heterocycles. The quantitative estimate of drug-likeness (QED) is 0.650. The maximum Gasteiger partial charge on any atom is 0.316 e. The molecule has 156 valence electrons. The van der Waals surface area contributed by atoms with Crippen molar-refractivity contribution in [2.45, 2.75) is 38.6 Å². The van der Waals surface area contributed by atoms with Gasteiger partial charge >= 0.3 is 5.97 Å². The number of amides is 1. The summed E-state index contributed by atoms with van der Waals surface area (Å²) in [5.41, 5.74) is 3.24. The number of halogens is 1. The first-order valence-electron chi connectivity index (χ1n) is 10.3. The molecular formula is C24H25FN2O3. The fourth-order valence-corrected chi connectivity index (χ4v) is 4.15. The largest absolute Gasteiger partial charge is 0.465 e. The highest BCUT2D eigenvalue weighted by atomic mass is 19.1. The molecule has 0 bridgehead atoms. The van der Waals surface area contributed by atoms with Gasteiger partial charge in [0.1, 0.15) is 11.7 Å². The third kappa shape index (κ3) is 3.70. The Kier molecular flexibility index (Phi) is 5.57. The second-order valence-corrected chi connectivity index (χ2v) is 7.80. The van der Waals surface area contributed by atoms with Crippen LogP contribution in [0.15, 0.2) is 48.5 Å². The molecule has 6 heteroatoms. The van der Waals surface area contributed by atoms with Gasteiger partial charge in [0.25, 0.3) is 5.91 Å². The van der Waals surface area contributed by atoms with Gasteiger partial charge in [0, 0.05) is 34.7 Å². The number of para-hydroxylation sites is 1. The van der Waals surface area contributed by atoms with E-state index in [0.29, 0.717) is 18.6 Å². The Labute approximate surface area is 174 Å². The molecule has 2 atom stereocenters. The number of hydrogen-bond donors (Lipinski definition) is 1. The Hall–Kier alpha value is -3.15. The van der Waals surface area contributed by atoms with Crippen molar-refractivity contribution in [3.63, 3.8) is 0 Å². The number of rotatable bonds is 4. The zero-order chi connectivity index (χ0) is 21.3. The molecule has 3 aromatic rings. The van der Waals surface area contributed by atoms with E-state index in [9.17, 15) is 14.0 Å². The third-order valence-corrected chi connectivity index (χ3v) is 5.69. The van der Waals surface area contributed by atoms with Crippen LogP contribution in [-0.2, 0) is 16.0 Å². The number of nitrogens with zero attached hydrogens (tertiary/aromatic N) is 1. The van der Waals surface area contributed by atoms with E-state index in [1.807, 2.05) is 38.1 Å². The lowest BCUT2D eigenvalue weighted by atomic mass is 9.99. The summed E-state index contributed by atoms with van der Waals surface area (Å²) < 4.78 is 18.8. The molecule has 30 heavy (non-hydrogen) atoms. The van der Waals surface area contributed by atoms with Crippen LogP contribution >= 0.6 is 0 Å². The van der Waals surface area contributed by atoms with Gasteiger partial charge in [-0.3, -0.25) is 9.59 Å². The number of ether oxygens (including phenoxy) is 1. The van der Waals surface area contributed by atoms with Gasteiger partial charge in [-0.05, 0) is 55.7 Å². The summed E-state index contributed by atoms with van der Waals surface area (Å²) >= 11 is 0. The molecule has 0 saturated carbocycles. The number of H-pyrrole nitrogens is 1. The Morgan fingerprint density at radius 3 is 2.63 bits per heavy atom. The number of fused-ring (bicyclic) bond motifs is 3. The normalized spacial score (nSPS) is 18.7. The fraction of sp³-hybridized carbons (Fsp3) is 0.333. The number of esters is 1. The van der Waals surface area contributed by atoms with Crippen molar-refractivity contribution in [2.75, 3.05) is 13.2 Å². The first-order valence-corrected chi connectivity index (χ1v) is 10.3. The van der Waals surface area contributed by atoms with Gasteiger partial charge in [-0.25, -0.2) is 4.39 Å². The van der Waals surface area contributed by atoms with E-state index in [1.54, 1.807) is 4.90 Å². The second-order valence-electron chi connectivity index (χ2n) is 7.80. The maximum absolute atomic E-state index is 13.3. The molecule has 0 aliphatic carbocycles. The van der Waals surface area contributed by atoms with E-state index in [-0.39, 0.29) is 24.5 Å². The van der Waals surface area contributed by atoms with Gasteiger partial charge in [0.15, 0.2) is 0 Å². The summed E-state index contributed by atoms with van der Waals surface area (Å²) in [6.07, 6.45) is 1.34. The predicted octanol–water partition coefficient (Wildman–Crippen LogP) is 4.43. The number of aromatic nitrogens is 1. The number of carbonyl (C=O) groups excluding carboxylic acids is 2. The summed E-state index contributed by atoms with van der Waals surface area (Å²) in [6, 6.07) is 13.3. The SMILES string of the molecule is CCCOC(=O)C1CN(C(=O)c2ccc(F)cc2)C(C)Cc2c1[nH]c1ccccc21. The van der Waals surface area contributed by atoms with Crippen LogP contribution in [0.5, 0.6) is 0 Å². The van der Waals surface area contributed by atoms with Crippen molar-refractivity contribution in [1.82, 2.24) is 9.88 Å². The molecule has 2 unspecified atom stereocenters. The topological polar surface area (TPSA) is 62.4 Å². The Morgan fingerprint density at radius 1 is 1.17 bits per heavy atom. The van der Waals surface area contributed by atoms with E-state index < -0.39 is 11.7 Å². The Morgan fingerprint density at radius 2 is 1.90 bits per heavy atom. The fourth-order valence-electron chi connectivity index (χ4n) is 4.15. The molecule has 1 aliphatic rings. The lowest BCUT2D eigenvalue weighted by Crippen LogP contribution is -2.42. The number of hydrogen-bond acceptors (Lipinski definition) is 3. The monoisotopic (exact) mass is 408 g/mol. The van der Waals surface area contributed by atoms with E-state index >= 15 is 0 Å². The zero-order valence-corrected chi connectivity index (χ0v) is 17.2. The highest BCUT2D eigenvalue weighted by Crippen LogP contribution is 2.34. The summed E-state index contributed by atoms with van der Waals surface area (Å²) in [5.74, 6) is -1.55. The molecule has 4 rings (SSSR count). The van der Waals surface area contributed by atoms with Gasteiger partial charge in [0.2, 0.25) is 0 Å². The molecule has 2 heterocycles. The molecule has 0 fully saturated rings. The van der Waals surface area contributed by atoms with Gasteiger partial charge in [0.05, 0.1) is 6.61 Å². The van der Waals surface area contributed by atoms with Crippen molar-refractivity contribution in [3.8, 4) is 0 Å². The average Bonchev–Trinajstić information content (AvgIpc) is 3.03.